The van der Waals surface area contributed by atoms with Crippen LogP contribution < -0.4 is 0 Å². The quantitative estimate of drug-likeness (QED) is 0.600. The largest absolute Gasteiger partial charge is 0.477 e. The van der Waals surface area contributed by atoms with Crippen LogP contribution >= 0.6 is 0 Å². The summed E-state index contributed by atoms with van der Waals surface area (Å²) in [6.07, 6.45) is 2.15. The molecular weight excluding hydrogens is 272 g/mol. The van der Waals surface area contributed by atoms with Crippen molar-refractivity contribution in [1.29, 1.82) is 0 Å². The van der Waals surface area contributed by atoms with E-state index in [0.29, 0.717) is 31.9 Å². The van der Waals surface area contributed by atoms with E-state index < -0.39 is 5.97 Å². The van der Waals surface area contributed by atoms with Gasteiger partial charge in [-0.1, -0.05) is 19.4 Å². The van der Waals surface area contributed by atoms with E-state index in [-0.39, 0.29) is 12.3 Å². The number of pyridine rings is 1. The van der Waals surface area contributed by atoms with Crippen LogP contribution in [0.25, 0.3) is 0 Å². The fraction of sp³-hybridized carbons (Fsp3) is 0.600. The molecule has 0 amide bonds. The van der Waals surface area contributed by atoms with Crippen molar-refractivity contribution in [1.82, 2.24) is 9.88 Å². The minimum Gasteiger partial charge on any atom is -0.477 e. The molecule has 1 aromatic heterocycles. The van der Waals surface area contributed by atoms with E-state index in [9.17, 15) is 4.79 Å². The topological polar surface area (TPSA) is 82.9 Å². The van der Waals surface area contributed by atoms with Crippen LogP contribution in [-0.2, 0) is 11.3 Å². The Bertz CT molecular complexity index is 426. The molecule has 0 radical (unpaired) electrons. The SMILES string of the molecule is CCCCOCCN(CCO)Cc1cccc(C(=O)O)n1. The van der Waals surface area contributed by atoms with E-state index in [0.717, 1.165) is 19.4 Å². The Morgan fingerprint density at radius 3 is 2.81 bits per heavy atom. The molecule has 0 spiro atoms. The summed E-state index contributed by atoms with van der Waals surface area (Å²) in [4.78, 5) is 17.0. The van der Waals surface area contributed by atoms with Crippen molar-refractivity contribution < 1.29 is 19.7 Å². The van der Waals surface area contributed by atoms with Gasteiger partial charge in [-0.3, -0.25) is 4.90 Å². The van der Waals surface area contributed by atoms with Crippen LogP contribution in [0.5, 0.6) is 0 Å². The Kier molecular flexibility index (Phi) is 8.57. The van der Waals surface area contributed by atoms with Crippen LogP contribution in [0.2, 0.25) is 0 Å². The smallest absolute Gasteiger partial charge is 0.354 e. The number of carboxylic acid groups (broad SMARTS) is 1. The molecule has 6 nitrogen and oxygen atoms in total. The van der Waals surface area contributed by atoms with E-state index in [1.807, 2.05) is 4.90 Å². The average molecular weight is 296 g/mol. The van der Waals surface area contributed by atoms with Crippen molar-refractivity contribution in [2.24, 2.45) is 0 Å². The molecule has 0 fully saturated rings. The van der Waals surface area contributed by atoms with Gasteiger partial charge in [0.1, 0.15) is 5.69 Å². The highest BCUT2D eigenvalue weighted by Crippen LogP contribution is 2.04. The second-order valence-electron chi connectivity index (χ2n) is 4.78. The van der Waals surface area contributed by atoms with Crippen LogP contribution in [0.1, 0.15) is 35.9 Å². The fourth-order valence-electron chi connectivity index (χ4n) is 1.87. The molecule has 0 unspecified atom stereocenters. The molecule has 0 aliphatic heterocycles. The summed E-state index contributed by atoms with van der Waals surface area (Å²) < 4.78 is 5.51. The second kappa shape index (κ2) is 10.3. The third-order valence-electron chi connectivity index (χ3n) is 3.02. The van der Waals surface area contributed by atoms with Gasteiger partial charge in [-0.2, -0.15) is 0 Å². The highest BCUT2D eigenvalue weighted by Gasteiger charge is 2.09. The molecule has 1 heterocycles. The number of aromatic nitrogens is 1. The Morgan fingerprint density at radius 1 is 1.33 bits per heavy atom. The summed E-state index contributed by atoms with van der Waals surface area (Å²) in [6, 6.07) is 4.94. The van der Waals surface area contributed by atoms with Crippen LogP contribution in [0.4, 0.5) is 0 Å². The fourth-order valence-corrected chi connectivity index (χ4v) is 1.87. The Labute approximate surface area is 125 Å². The van der Waals surface area contributed by atoms with Gasteiger partial charge in [-0.05, 0) is 18.6 Å². The number of aliphatic hydroxyl groups excluding tert-OH is 1. The summed E-state index contributed by atoms with van der Waals surface area (Å²) >= 11 is 0. The number of nitrogens with zero attached hydrogens (tertiary/aromatic N) is 2. The number of ether oxygens (including phenoxy) is 1. The Balaban J connectivity index is 2.49. The molecule has 1 rings (SSSR count). The van der Waals surface area contributed by atoms with Crippen LogP contribution in [0.3, 0.4) is 0 Å². The van der Waals surface area contributed by atoms with Gasteiger partial charge in [0.15, 0.2) is 0 Å². The van der Waals surface area contributed by atoms with Crippen molar-refractivity contribution in [2.75, 3.05) is 32.9 Å². The summed E-state index contributed by atoms with van der Waals surface area (Å²) in [5.74, 6) is -1.03. The Morgan fingerprint density at radius 2 is 2.14 bits per heavy atom. The standard InChI is InChI=1S/C15H24N2O4/c1-2-3-10-21-11-8-17(7-9-18)12-13-5-4-6-14(16-13)15(19)20/h4-6,18H,2-3,7-12H2,1H3,(H,19,20). The summed E-state index contributed by atoms with van der Waals surface area (Å²) in [7, 11) is 0. The zero-order chi connectivity index (χ0) is 15.5. The van der Waals surface area contributed by atoms with Gasteiger partial charge in [0.05, 0.1) is 18.9 Å². The minimum atomic E-state index is -1.03. The third kappa shape index (κ3) is 7.17. The van der Waals surface area contributed by atoms with Crippen molar-refractivity contribution >= 4 is 5.97 Å². The maximum atomic E-state index is 10.9. The lowest BCUT2D eigenvalue weighted by atomic mass is 10.3. The lowest BCUT2D eigenvalue weighted by Crippen LogP contribution is -2.30. The minimum absolute atomic E-state index is 0.0376. The van der Waals surface area contributed by atoms with Crippen molar-refractivity contribution in [3.8, 4) is 0 Å². The monoisotopic (exact) mass is 296 g/mol. The first-order chi connectivity index (χ1) is 10.2. The predicted octanol–water partition coefficient (Wildman–Crippen LogP) is 1.39. The molecule has 0 aliphatic rings. The van der Waals surface area contributed by atoms with Crippen molar-refractivity contribution in [3.63, 3.8) is 0 Å². The molecule has 0 atom stereocenters. The number of carboxylic acids is 1. The molecule has 0 saturated heterocycles. The lowest BCUT2D eigenvalue weighted by molar-refractivity contribution is 0.0688. The third-order valence-corrected chi connectivity index (χ3v) is 3.02. The maximum Gasteiger partial charge on any atom is 0.354 e. The van der Waals surface area contributed by atoms with E-state index in [4.69, 9.17) is 14.9 Å². The zero-order valence-corrected chi connectivity index (χ0v) is 12.5. The number of rotatable bonds is 11. The van der Waals surface area contributed by atoms with Gasteiger partial charge in [-0.25, -0.2) is 9.78 Å². The average Bonchev–Trinajstić information content (AvgIpc) is 2.47. The predicted molar refractivity (Wildman–Crippen MR) is 79.3 cm³/mol. The number of hydrogen-bond acceptors (Lipinski definition) is 5. The molecular formula is C15H24N2O4. The summed E-state index contributed by atoms with van der Waals surface area (Å²) in [5, 5.41) is 18.0. The zero-order valence-electron chi connectivity index (χ0n) is 12.5. The summed E-state index contributed by atoms with van der Waals surface area (Å²) in [6.45, 7) is 5.20. The maximum absolute atomic E-state index is 10.9. The highest BCUT2D eigenvalue weighted by atomic mass is 16.5. The lowest BCUT2D eigenvalue weighted by Gasteiger charge is -2.20. The molecule has 0 aromatic carbocycles. The van der Waals surface area contributed by atoms with Crippen LogP contribution in [-0.4, -0.2) is 59.0 Å². The molecule has 118 valence electrons. The number of aromatic carboxylic acids is 1. The first-order valence-electron chi connectivity index (χ1n) is 7.27. The normalized spacial score (nSPS) is 11.0. The van der Waals surface area contributed by atoms with Gasteiger partial charge in [0.25, 0.3) is 0 Å². The molecule has 2 N–H and O–H groups in total. The van der Waals surface area contributed by atoms with Gasteiger partial charge < -0.3 is 14.9 Å². The molecule has 0 saturated carbocycles. The molecule has 6 heteroatoms. The first kappa shape index (κ1) is 17.6. The van der Waals surface area contributed by atoms with Crippen LogP contribution in [0, 0.1) is 0 Å². The van der Waals surface area contributed by atoms with E-state index in [1.54, 1.807) is 12.1 Å². The van der Waals surface area contributed by atoms with E-state index in [2.05, 4.69) is 11.9 Å². The molecule has 1 aromatic rings. The number of aliphatic hydroxyl groups is 1. The van der Waals surface area contributed by atoms with Gasteiger partial charge in [0.2, 0.25) is 0 Å². The molecule has 21 heavy (non-hydrogen) atoms. The van der Waals surface area contributed by atoms with Crippen molar-refractivity contribution in [2.45, 2.75) is 26.3 Å². The molecule has 0 aliphatic carbocycles. The van der Waals surface area contributed by atoms with E-state index >= 15 is 0 Å². The van der Waals surface area contributed by atoms with Crippen LogP contribution in [0.15, 0.2) is 18.2 Å². The summed E-state index contributed by atoms with van der Waals surface area (Å²) in [5.41, 5.74) is 0.715. The molecule has 0 bridgehead atoms. The van der Waals surface area contributed by atoms with Gasteiger partial charge in [-0.15, -0.1) is 0 Å². The number of carbonyl (C=O) groups is 1. The highest BCUT2D eigenvalue weighted by molar-refractivity contribution is 5.85. The first-order valence-corrected chi connectivity index (χ1v) is 7.27. The Hall–Kier alpha value is -1.50. The number of hydrogen-bond donors (Lipinski definition) is 2. The van der Waals surface area contributed by atoms with Gasteiger partial charge >= 0.3 is 5.97 Å². The number of unbranched alkanes of at least 4 members (excludes halogenated alkanes) is 1. The van der Waals surface area contributed by atoms with Gasteiger partial charge in [0, 0.05) is 26.2 Å². The van der Waals surface area contributed by atoms with E-state index in [1.165, 1.54) is 6.07 Å². The second-order valence-corrected chi connectivity index (χ2v) is 4.78. The van der Waals surface area contributed by atoms with Crippen molar-refractivity contribution in [3.05, 3.63) is 29.6 Å².